The molecule has 0 radical (unpaired) electrons. The largest absolute Gasteiger partial charge is 0.548 e. The van der Waals surface area contributed by atoms with Gasteiger partial charge in [0.15, 0.2) is 0 Å². The third-order valence-electron chi connectivity index (χ3n) is 4.25. The summed E-state index contributed by atoms with van der Waals surface area (Å²) in [4.78, 5) is 23.0. The van der Waals surface area contributed by atoms with Crippen molar-refractivity contribution in [2.24, 2.45) is 0 Å². The highest BCUT2D eigenvalue weighted by Gasteiger charge is 2.29. The molecule has 5 nitrogen and oxygen atoms in total. The SMILES string of the molecule is CSC[C@H](NC(=O)OCC1c2ccccc2-c2ccccc21)C(=O)[O-]. The molecule has 0 aliphatic heterocycles. The zero-order valence-electron chi connectivity index (χ0n) is 13.7. The van der Waals surface area contributed by atoms with E-state index in [-0.39, 0.29) is 18.3 Å². The summed E-state index contributed by atoms with van der Waals surface area (Å²) in [5.41, 5.74) is 4.50. The first kappa shape index (κ1) is 17.4. The van der Waals surface area contributed by atoms with Gasteiger partial charge in [-0.15, -0.1) is 0 Å². The van der Waals surface area contributed by atoms with Crippen LogP contribution in [0, 0.1) is 0 Å². The topological polar surface area (TPSA) is 78.5 Å². The number of carboxylic acids is 1. The van der Waals surface area contributed by atoms with Crippen LogP contribution in [0.1, 0.15) is 17.0 Å². The number of thioether (sulfide) groups is 1. The van der Waals surface area contributed by atoms with Crippen molar-refractivity contribution in [1.82, 2.24) is 5.32 Å². The monoisotopic (exact) mass is 356 g/mol. The molecule has 0 spiro atoms. The first-order valence-electron chi connectivity index (χ1n) is 7.93. The van der Waals surface area contributed by atoms with E-state index in [1.165, 1.54) is 11.8 Å². The van der Waals surface area contributed by atoms with Crippen molar-refractivity contribution in [2.45, 2.75) is 12.0 Å². The minimum Gasteiger partial charge on any atom is -0.548 e. The number of fused-ring (bicyclic) bond motifs is 3. The summed E-state index contributed by atoms with van der Waals surface area (Å²) in [7, 11) is 0. The van der Waals surface area contributed by atoms with Gasteiger partial charge in [-0.2, -0.15) is 11.8 Å². The van der Waals surface area contributed by atoms with Gasteiger partial charge < -0.3 is 20.0 Å². The van der Waals surface area contributed by atoms with E-state index in [0.29, 0.717) is 0 Å². The van der Waals surface area contributed by atoms with E-state index < -0.39 is 18.1 Å². The Morgan fingerprint density at radius 1 is 1.12 bits per heavy atom. The number of nitrogens with one attached hydrogen (secondary N) is 1. The average molecular weight is 356 g/mol. The number of aliphatic carboxylic acids is 1. The summed E-state index contributed by atoms with van der Waals surface area (Å²) in [5.74, 6) is -1.14. The Bertz CT molecular complexity index is 747. The van der Waals surface area contributed by atoms with Gasteiger partial charge in [-0.1, -0.05) is 48.5 Å². The van der Waals surface area contributed by atoms with Gasteiger partial charge >= 0.3 is 6.09 Å². The summed E-state index contributed by atoms with van der Waals surface area (Å²) in [6.45, 7) is 0.152. The Kier molecular flexibility index (Phi) is 5.28. The lowest BCUT2D eigenvalue weighted by molar-refractivity contribution is -0.307. The maximum absolute atomic E-state index is 12.0. The van der Waals surface area contributed by atoms with Crippen LogP contribution >= 0.6 is 11.8 Å². The van der Waals surface area contributed by atoms with Crippen LogP contribution in [0.15, 0.2) is 48.5 Å². The van der Waals surface area contributed by atoms with E-state index in [4.69, 9.17) is 4.74 Å². The zero-order valence-corrected chi connectivity index (χ0v) is 14.5. The number of amides is 1. The molecule has 3 rings (SSSR count). The lowest BCUT2D eigenvalue weighted by Gasteiger charge is -2.20. The van der Waals surface area contributed by atoms with Crippen molar-refractivity contribution in [2.75, 3.05) is 18.6 Å². The van der Waals surface area contributed by atoms with Crippen molar-refractivity contribution < 1.29 is 19.4 Å². The van der Waals surface area contributed by atoms with Crippen LogP contribution in [0.3, 0.4) is 0 Å². The number of carbonyl (C=O) groups is 2. The molecule has 0 saturated heterocycles. The standard InChI is InChI=1S/C19H19NO4S/c1-25-11-17(18(21)22)20-19(23)24-10-16-14-8-4-2-6-12(14)13-7-3-5-9-15(13)16/h2-9,16-17H,10-11H2,1H3,(H,20,23)(H,21,22)/p-1/t17-/m0/s1. The number of carboxylic acid groups (broad SMARTS) is 1. The van der Waals surface area contributed by atoms with Crippen LogP contribution in [0.25, 0.3) is 11.1 Å². The molecule has 0 bridgehead atoms. The molecular formula is C19H18NO4S-. The van der Waals surface area contributed by atoms with Gasteiger partial charge in [0.05, 0.1) is 12.0 Å². The molecule has 0 fully saturated rings. The van der Waals surface area contributed by atoms with Crippen LogP contribution in [0.4, 0.5) is 4.79 Å². The highest BCUT2D eigenvalue weighted by molar-refractivity contribution is 7.98. The maximum atomic E-state index is 12.0. The Morgan fingerprint density at radius 3 is 2.20 bits per heavy atom. The molecule has 0 aromatic heterocycles. The van der Waals surface area contributed by atoms with Crippen LogP contribution in [-0.4, -0.2) is 36.7 Å². The normalized spacial score (nSPS) is 13.6. The summed E-state index contributed by atoms with van der Waals surface area (Å²) in [5, 5.41) is 13.4. The molecule has 2 aromatic rings. The van der Waals surface area contributed by atoms with Crippen molar-refractivity contribution in [3.8, 4) is 11.1 Å². The molecule has 2 aromatic carbocycles. The quantitative estimate of drug-likeness (QED) is 0.857. The minimum absolute atomic E-state index is 0.0555. The molecule has 1 N–H and O–H groups in total. The Labute approximate surface area is 150 Å². The smallest absolute Gasteiger partial charge is 0.407 e. The molecule has 6 heteroatoms. The van der Waals surface area contributed by atoms with Crippen LogP contribution in [-0.2, 0) is 9.53 Å². The molecule has 130 valence electrons. The number of alkyl carbamates (subject to hydrolysis) is 1. The molecule has 0 unspecified atom stereocenters. The van der Waals surface area contributed by atoms with Gasteiger partial charge in [0.2, 0.25) is 0 Å². The van der Waals surface area contributed by atoms with Crippen molar-refractivity contribution in [3.63, 3.8) is 0 Å². The summed E-state index contributed by atoms with van der Waals surface area (Å²) >= 11 is 1.31. The lowest BCUT2D eigenvalue weighted by Crippen LogP contribution is -2.49. The molecular weight excluding hydrogens is 338 g/mol. The molecule has 1 aliphatic rings. The lowest BCUT2D eigenvalue weighted by atomic mass is 9.98. The van der Waals surface area contributed by atoms with Gasteiger partial charge in [-0.05, 0) is 28.5 Å². The second-order valence-corrected chi connectivity index (χ2v) is 6.71. The molecule has 0 saturated carbocycles. The van der Waals surface area contributed by atoms with E-state index in [1.807, 2.05) is 36.4 Å². The first-order valence-corrected chi connectivity index (χ1v) is 9.32. The summed E-state index contributed by atoms with van der Waals surface area (Å²) < 4.78 is 5.32. The molecule has 1 amide bonds. The van der Waals surface area contributed by atoms with Crippen LogP contribution in [0.2, 0.25) is 0 Å². The predicted octanol–water partition coefficient (Wildman–Crippen LogP) is 2.01. The molecule has 1 aliphatic carbocycles. The third kappa shape index (κ3) is 3.64. The van der Waals surface area contributed by atoms with Gasteiger partial charge in [0, 0.05) is 11.7 Å². The van der Waals surface area contributed by atoms with Gasteiger partial charge in [0.25, 0.3) is 0 Å². The zero-order chi connectivity index (χ0) is 17.8. The second kappa shape index (κ2) is 7.61. The minimum atomic E-state index is -1.32. The fourth-order valence-electron chi connectivity index (χ4n) is 3.12. The van der Waals surface area contributed by atoms with Crippen molar-refractivity contribution in [3.05, 3.63) is 59.7 Å². The average Bonchev–Trinajstić information content (AvgIpc) is 2.93. The van der Waals surface area contributed by atoms with Gasteiger partial charge in [-0.3, -0.25) is 0 Å². The number of benzene rings is 2. The fraction of sp³-hybridized carbons (Fsp3) is 0.263. The number of hydrogen-bond acceptors (Lipinski definition) is 5. The number of ether oxygens (including phenoxy) is 1. The second-order valence-electron chi connectivity index (χ2n) is 5.80. The molecule has 1 atom stereocenters. The Hall–Kier alpha value is -2.47. The van der Waals surface area contributed by atoms with Gasteiger partial charge in [0.1, 0.15) is 6.61 Å². The Morgan fingerprint density at radius 2 is 1.68 bits per heavy atom. The predicted molar refractivity (Wildman–Crippen MR) is 95.4 cm³/mol. The number of carbonyl (C=O) groups excluding carboxylic acids is 2. The highest BCUT2D eigenvalue weighted by Crippen LogP contribution is 2.44. The van der Waals surface area contributed by atoms with Crippen LogP contribution < -0.4 is 10.4 Å². The Balaban J connectivity index is 1.71. The van der Waals surface area contributed by atoms with E-state index in [9.17, 15) is 14.7 Å². The van der Waals surface area contributed by atoms with E-state index in [2.05, 4.69) is 17.4 Å². The third-order valence-corrected chi connectivity index (χ3v) is 4.92. The van der Waals surface area contributed by atoms with Crippen molar-refractivity contribution in [1.29, 1.82) is 0 Å². The van der Waals surface area contributed by atoms with E-state index >= 15 is 0 Å². The van der Waals surface area contributed by atoms with Gasteiger partial charge in [-0.25, -0.2) is 4.79 Å². The number of rotatable bonds is 6. The van der Waals surface area contributed by atoms with E-state index in [1.54, 1.807) is 6.26 Å². The van der Waals surface area contributed by atoms with E-state index in [0.717, 1.165) is 22.3 Å². The highest BCUT2D eigenvalue weighted by atomic mass is 32.2. The van der Waals surface area contributed by atoms with Crippen LogP contribution in [0.5, 0.6) is 0 Å². The summed E-state index contributed by atoms with van der Waals surface area (Å²) in [6, 6.07) is 15.0. The summed E-state index contributed by atoms with van der Waals surface area (Å²) in [6.07, 6.45) is 1.01. The maximum Gasteiger partial charge on any atom is 0.407 e. The number of hydrogen-bond donors (Lipinski definition) is 1. The fourth-order valence-corrected chi connectivity index (χ4v) is 3.67. The molecule has 25 heavy (non-hydrogen) atoms. The first-order chi connectivity index (χ1) is 12.1. The van der Waals surface area contributed by atoms with Crippen molar-refractivity contribution >= 4 is 23.8 Å². The molecule has 0 heterocycles.